The standard InChI is InChI=1S/C16H14FN5O/c17-12-2-1-3-13(8-12)21-15(23)10-20-16-19-9-14(22-16)11-4-6-18-7-5-11/h1-9H,10H2,(H,21,23)(H2,19,20,22). The molecule has 0 aliphatic heterocycles. The van der Waals surface area contributed by atoms with E-state index in [2.05, 4.69) is 25.6 Å². The molecule has 3 aromatic rings. The number of pyridine rings is 1. The molecule has 0 unspecified atom stereocenters. The van der Waals surface area contributed by atoms with Gasteiger partial charge in [-0.1, -0.05) is 6.07 Å². The SMILES string of the molecule is O=C(CNc1ncc(-c2ccncc2)[nH]1)Nc1cccc(F)c1. The van der Waals surface area contributed by atoms with E-state index in [4.69, 9.17) is 0 Å². The molecule has 2 aromatic heterocycles. The number of aromatic amines is 1. The predicted molar refractivity (Wildman–Crippen MR) is 85.3 cm³/mol. The summed E-state index contributed by atoms with van der Waals surface area (Å²) in [5.41, 5.74) is 2.18. The Balaban J connectivity index is 1.56. The van der Waals surface area contributed by atoms with Crippen LogP contribution in [0.15, 0.2) is 55.0 Å². The van der Waals surface area contributed by atoms with Gasteiger partial charge in [0.25, 0.3) is 0 Å². The third kappa shape index (κ3) is 3.91. The zero-order valence-electron chi connectivity index (χ0n) is 12.1. The van der Waals surface area contributed by atoms with Crippen LogP contribution in [0, 0.1) is 5.82 Å². The molecule has 0 fully saturated rings. The van der Waals surface area contributed by atoms with Crippen LogP contribution in [0.5, 0.6) is 0 Å². The van der Waals surface area contributed by atoms with Crippen LogP contribution < -0.4 is 10.6 Å². The number of nitrogens with zero attached hydrogens (tertiary/aromatic N) is 2. The Kier molecular flexibility index (Phi) is 4.28. The van der Waals surface area contributed by atoms with Gasteiger partial charge in [-0.25, -0.2) is 9.37 Å². The number of rotatable bonds is 5. The van der Waals surface area contributed by atoms with Gasteiger partial charge >= 0.3 is 0 Å². The van der Waals surface area contributed by atoms with Crippen molar-refractivity contribution >= 4 is 17.5 Å². The first-order valence-electron chi connectivity index (χ1n) is 6.95. The smallest absolute Gasteiger partial charge is 0.243 e. The average molecular weight is 311 g/mol. The van der Waals surface area contributed by atoms with E-state index in [-0.39, 0.29) is 12.5 Å². The highest BCUT2D eigenvalue weighted by Gasteiger charge is 2.06. The van der Waals surface area contributed by atoms with Crippen LogP contribution in [-0.4, -0.2) is 27.4 Å². The Morgan fingerprint density at radius 1 is 1.22 bits per heavy atom. The molecule has 0 radical (unpaired) electrons. The molecule has 0 saturated carbocycles. The Labute approximate surface area is 131 Å². The van der Waals surface area contributed by atoms with E-state index < -0.39 is 5.82 Å². The molecule has 2 heterocycles. The fourth-order valence-electron chi connectivity index (χ4n) is 2.02. The molecule has 1 amide bonds. The first kappa shape index (κ1) is 14.7. The lowest BCUT2D eigenvalue weighted by Gasteiger charge is -2.06. The Morgan fingerprint density at radius 3 is 2.83 bits per heavy atom. The number of hydrogen-bond acceptors (Lipinski definition) is 4. The van der Waals surface area contributed by atoms with Gasteiger partial charge < -0.3 is 15.6 Å². The minimum atomic E-state index is -0.399. The Morgan fingerprint density at radius 2 is 2.04 bits per heavy atom. The molecule has 23 heavy (non-hydrogen) atoms. The van der Waals surface area contributed by atoms with Crippen LogP contribution in [0.2, 0.25) is 0 Å². The normalized spacial score (nSPS) is 10.3. The molecule has 3 rings (SSSR count). The monoisotopic (exact) mass is 311 g/mol. The summed E-state index contributed by atoms with van der Waals surface area (Å²) >= 11 is 0. The molecular formula is C16H14FN5O. The number of amides is 1. The maximum Gasteiger partial charge on any atom is 0.243 e. The van der Waals surface area contributed by atoms with Crippen molar-refractivity contribution < 1.29 is 9.18 Å². The Bertz CT molecular complexity index is 803. The van der Waals surface area contributed by atoms with Gasteiger partial charge in [0.1, 0.15) is 5.82 Å². The number of aromatic nitrogens is 3. The first-order chi connectivity index (χ1) is 11.2. The van der Waals surface area contributed by atoms with Crippen LogP contribution >= 0.6 is 0 Å². The number of benzene rings is 1. The van der Waals surface area contributed by atoms with Gasteiger partial charge in [0.15, 0.2) is 0 Å². The second-order valence-electron chi connectivity index (χ2n) is 4.79. The van der Waals surface area contributed by atoms with E-state index >= 15 is 0 Å². The van der Waals surface area contributed by atoms with Crippen molar-refractivity contribution in [1.82, 2.24) is 15.0 Å². The van der Waals surface area contributed by atoms with Crippen molar-refractivity contribution in [3.05, 3.63) is 60.8 Å². The van der Waals surface area contributed by atoms with Crippen molar-refractivity contribution in [2.45, 2.75) is 0 Å². The molecule has 7 heteroatoms. The molecule has 6 nitrogen and oxygen atoms in total. The van der Waals surface area contributed by atoms with Crippen LogP contribution in [0.4, 0.5) is 16.0 Å². The summed E-state index contributed by atoms with van der Waals surface area (Å²) in [7, 11) is 0. The number of nitrogens with one attached hydrogen (secondary N) is 3. The highest BCUT2D eigenvalue weighted by Crippen LogP contribution is 2.17. The van der Waals surface area contributed by atoms with E-state index in [1.807, 2.05) is 12.1 Å². The summed E-state index contributed by atoms with van der Waals surface area (Å²) in [6, 6.07) is 9.44. The highest BCUT2D eigenvalue weighted by molar-refractivity contribution is 5.93. The number of carbonyl (C=O) groups is 1. The van der Waals surface area contributed by atoms with E-state index in [0.29, 0.717) is 11.6 Å². The summed E-state index contributed by atoms with van der Waals surface area (Å²) in [5, 5.41) is 5.48. The lowest BCUT2D eigenvalue weighted by atomic mass is 10.2. The number of hydrogen-bond donors (Lipinski definition) is 3. The molecule has 0 saturated heterocycles. The fourth-order valence-corrected chi connectivity index (χ4v) is 2.02. The molecule has 3 N–H and O–H groups in total. The van der Waals surface area contributed by atoms with Gasteiger partial charge in [-0.05, 0) is 30.3 Å². The summed E-state index contributed by atoms with van der Waals surface area (Å²) in [4.78, 5) is 23.0. The van der Waals surface area contributed by atoms with Crippen molar-refractivity contribution in [2.24, 2.45) is 0 Å². The molecule has 0 aliphatic carbocycles. The number of imidazole rings is 1. The summed E-state index contributed by atoms with van der Waals surface area (Å²) in [5.74, 6) is -0.215. The first-order valence-corrected chi connectivity index (χ1v) is 6.95. The summed E-state index contributed by atoms with van der Waals surface area (Å²) in [6.45, 7) is 0.0137. The highest BCUT2D eigenvalue weighted by atomic mass is 19.1. The van der Waals surface area contributed by atoms with Gasteiger partial charge in [0.2, 0.25) is 11.9 Å². The van der Waals surface area contributed by atoms with Crippen LogP contribution in [-0.2, 0) is 4.79 Å². The van der Waals surface area contributed by atoms with Crippen LogP contribution in [0.3, 0.4) is 0 Å². The number of H-pyrrole nitrogens is 1. The van der Waals surface area contributed by atoms with E-state index in [9.17, 15) is 9.18 Å². The number of halogens is 1. The molecular weight excluding hydrogens is 297 g/mol. The minimum absolute atomic E-state index is 0.0137. The maximum atomic E-state index is 13.0. The molecule has 1 aromatic carbocycles. The average Bonchev–Trinajstić information content (AvgIpc) is 3.03. The largest absolute Gasteiger partial charge is 0.347 e. The van der Waals surface area contributed by atoms with Gasteiger partial charge in [-0.15, -0.1) is 0 Å². The predicted octanol–water partition coefficient (Wildman–Crippen LogP) is 2.66. The van der Waals surface area contributed by atoms with Crippen molar-refractivity contribution in [2.75, 3.05) is 17.2 Å². The maximum absolute atomic E-state index is 13.0. The lowest BCUT2D eigenvalue weighted by molar-refractivity contribution is -0.114. The fraction of sp³-hybridized carbons (Fsp3) is 0.0625. The van der Waals surface area contributed by atoms with Gasteiger partial charge in [0.05, 0.1) is 18.4 Å². The quantitative estimate of drug-likeness (QED) is 0.676. The lowest BCUT2D eigenvalue weighted by Crippen LogP contribution is -2.22. The summed E-state index contributed by atoms with van der Waals surface area (Å²) < 4.78 is 13.0. The zero-order valence-corrected chi connectivity index (χ0v) is 12.1. The third-order valence-electron chi connectivity index (χ3n) is 3.09. The van der Waals surface area contributed by atoms with Crippen molar-refractivity contribution in [1.29, 1.82) is 0 Å². The van der Waals surface area contributed by atoms with Crippen LogP contribution in [0.1, 0.15) is 0 Å². The van der Waals surface area contributed by atoms with E-state index in [1.165, 1.54) is 18.2 Å². The topological polar surface area (TPSA) is 82.7 Å². The van der Waals surface area contributed by atoms with Gasteiger partial charge in [-0.2, -0.15) is 0 Å². The van der Waals surface area contributed by atoms with E-state index in [1.54, 1.807) is 24.7 Å². The van der Waals surface area contributed by atoms with Gasteiger partial charge in [0, 0.05) is 23.6 Å². The van der Waals surface area contributed by atoms with Gasteiger partial charge in [-0.3, -0.25) is 9.78 Å². The number of anilines is 2. The van der Waals surface area contributed by atoms with Crippen LogP contribution in [0.25, 0.3) is 11.3 Å². The molecule has 116 valence electrons. The van der Waals surface area contributed by atoms with Crippen molar-refractivity contribution in [3.63, 3.8) is 0 Å². The van der Waals surface area contributed by atoms with E-state index in [0.717, 1.165) is 11.3 Å². The zero-order chi connectivity index (χ0) is 16.1. The summed E-state index contributed by atoms with van der Waals surface area (Å²) in [6.07, 6.45) is 5.05. The molecule has 0 atom stereocenters. The minimum Gasteiger partial charge on any atom is -0.347 e. The third-order valence-corrected chi connectivity index (χ3v) is 3.09. The second-order valence-corrected chi connectivity index (χ2v) is 4.79. The Hall–Kier alpha value is -3.22. The second kappa shape index (κ2) is 6.69. The molecule has 0 aliphatic rings. The molecule has 0 spiro atoms. The number of carbonyl (C=O) groups excluding carboxylic acids is 1. The van der Waals surface area contributed by atoms with Crippen molar-refractivity contribution in [3.8, 4) is 11.3 Å². The molecule has 0 bridgehead atoms.